The smallest absolute Gasteiger partial charge is 0.403 e. The summed E-state index contributed by atoms with van der Waals surface area (Å²) in [4.78, 5) is 0. The van der Waals surface area contributed by atoms with Crippen LogP contribution in [-0.2, 0) is 0 Å². The second-order valence-corrected chi connectivity index (χ2v) is 3.14. The fourth-order valence-corrected chi connectivity index (χ4v) is 1.03. The zero-order valence-corrected chi connectivity index (χ0v) is 7.94. The van der Waals surface area contributed by atoms with Gasteiger partial charge in [-0.1, -0.05) is 13.0 Å². The van der Waals surface area contributed by atoms with Gasteiger partial charge in [-0.05, 0) is 30.5 Å². The van der Waals surface area contributed by atoms with Gasteiger partial charge in [0.05, 0.1) is 0 Å². The van der Waals surface area contributed by atoms with Gasteiger partial charge in [0.2, 0.25) is 0 Å². The largest absolute Gasteiger partial charge is 0.573 e. The lowest BCUT2D eigenvalue weighted by Gasteiger charge is -2.11. The normalized spacial score (nSPS) is 11.9. The molecule has 0 spiro atoms. The van der Waals surface area contributed by atoms with E-state index in [1.807, 2.05) is 0 Å². The first-order valence-corrected chi connectivity index (χ1v) is 4.18. The van der Waals surface area contributed by atoms with Crippen molar-refractivity contribution in [2.45, 2.75) is 19.2 Å². The number of ether oxygens (including phenoxy) is 1. The number of hydrogen-bond acceptors (Lipinski definition) is 1. The summed E-state index contributed by atoms with van der Waals surface area (Å²) in [6, 6.07) is 3.28. The van der Waals surface area contributed by atoms with Crippen molar-refractivity contribution in [1.82, 2.24) is 0 Å². The minimum absolute atomic E-state index is 0.195. The van der Waals surface area contributed by atoms with Crippen LogP contribution in [0, 0.1) is 12.7 Å². The molecule has 5 heteroatoms. The second-order valence-electron chi connectivity index (χ2n) is 3.14. The zero-order valence-electron chi connectivity index (χ0n) is 7.94. The fraction of sp³-hybridized carbons (Fsp3) is 0.300. The molecule has 1 unspecified atom stereocenters. The van der Waals surface area contributed by atoms with E-state index < -0.39 is 17.9 Å². The Hall–Kier alpha value is -1.26. The van der Waals surface area contributed by atoms with E-state index in [0.717, 1.165) is 12.1 Å². The highest BCUT2D eigenvalue weighted by Crippen LogP contribution is 2.27. The number of benzene rings is 1. The van der Waals surface area contributed by atoms with E-state index in [4.69, 9.17) is 0 Å². The van der Waals surface area contributed by atoms with Crippen molar-refractivity contribution in [3.63, 3.8) is 0 Å². The molecular formula is C10H9F4O. The van der Waals surface area contributed by atoms with Crippen LogP contribution < -0.4 is 4.74 Å². The molecule has 0 bridgehead atoms. The molecule has 1 radical (unpaired) electrons. The fourth-order valence-electron chi connectivity index (χ4n) is 1.03. The summed E-state index contributed by atoms with van der Waals surface area (Å²) in [6.45, 7) is 5.33. The predicted molar refractivity (Wildman–Crippen MR) is 46.9 cm³/mol. The summed E-state index contributed by atoms with van der Waals surface area (Å²) in [5.41, 5.74) is 0.516. The highest BCUT2D eigenvalue weighted by molar-refractivity contribution is 5.31. The maximum Gasteiger partial charge on any atom is 0.573 e. The first kappa shape index (κ1) is 11.8. The SMILES string of the molecule is [CH2]C(C)c1ccc(OC(F)(F)F)c(F)c1. The van der Waals surface area contributed by atoms with Crippen LogP contribution in [0.5, 0.6) is 5.75 Å². The number of halogens is 4. The van der Waals surface area contributed by atoms with Crippen molar-refractivity contribution >= 4 is 0 Å². The van der Waals surface area contributed by atoms with Gasteiger partial charge in [0, 0.05) is 0 Å². The van der Waals surface area contributed by atoms with Crippen molar-refractivity contribution in [2.24, 2.45) is 0 Å². The van der Waals surface area contributed by atoms with Gasteiger partial charge in [0.1, 0.15) is 0 Å². The maximum absolute atomic E-state index is 13.1. The molecule has 1 rings (SSSR count). The molecule has 15 heavy (non-hydrogen) atoms. The average Bonchev–Trinajstić information content (AvgIpc) is 2.05. The van der Waals surface area contributed by atoms with Crippen LogP contribution >= 0.6 is 0 Å². The molecule has 0 aliphatic carbocycles. The van der Waals surface area contributed by atoms with Crippen LogP contribution in [0.4, 0.5) is 17.6 Å². The Morgan fingerprint density at radius 1 is 1.33 bits per heavy atom. The molecule has 1 aromatic rings. The summed E-state index contributed by atoms with van der Waals surface area (Å²) in [5.74, 6) is -2.06. The molecular weight excluding hydrogens is 212 g/mol. The van der Waals surface area contributed by atoms with E-state index in [0.29, 0.717) is 5.56 Å². The minimum Gasteiger partial charge on any atom is -0.403 e. The van der Waals surface area contributed by atoms with Crippen molar-refractivity contribution in [3.8, 4) is 5.75 Å². The van der Waals surface area contributed by atoms with Gasteiger partial charge in [0.15, 0.2) is 11.6 Å². The molecule has 0 saturated carbocycles. The lowest BCUT2D eigenvalue weighted by Crippen LogP contribution is -2.18. The lowest BCUT2D eigenvalue weighted by molar-refractivity contribution is -0.275. The monoisotopic (exact) mass is 221 g/mol. The number of rotatable bonds is 2. The first-order chi connectivity index (χ1) is 6.79. The molecule has 0 saturated heterocycles. The van der Waals surface area contributed by atoms with E-state index in [9.17, 15) is 17.6 Å². The third-order valence-electron chi connectivity index (χ3n) is 1.75. The predicted octanol–water partition coefficient (Wildman–Crippen LogP) is 3.66. The third kappa shape index (κ3) is 3.42. The topological polar surface area (TPSA) is 9.23 Å². The van der Waals surface area contributed by atoms with Crippen LogP contribution in [0.2, 0.25) is 0 Å². The van der Waals surface area contributed by atoms with E-state index >= 15 is 0 Å². The Labute approximate surface area is 84.7 Å². The average molecular weight is 221 g/mol. The summed E-state index contributed by atoms with van der Waals surface area (Å²) < 4.78 is 51.9. The number of alkyl halides is 3. The van der Waals surface area contributed by atoms with Gasteiger partial charge < -0.3 is 4.74 Å². The molecule has 0 amide bonds. The van der Waals surface area contributed by atoms with E-state index in [2.05, 4.69) is 11.7 Å². The van der Waals surface area contributed by atoms with Crippen LogP contribution in [-0.4, -0.2) is 6.36 Å². The summed E-state index contributed by atoms with van der Waals surface area (Å²) in [6.07, 6.45) is -4.88. The molecule has 0 aromatic heterocycles. The zero-order chi connectivity index (χ0) is 11.6. The van der Waals surface area contributed by atoms with Gasteiger partial charge in [-0.2, -0.15) is 0 Å². The Bertz CT molecular complexity index is 344. The first-order valence-electron chi connectivity index (χ1n) is 4.18. The van der Waals surface area contributed by atoms with Gasteiger partial charge in [-0.15, -0.1) is 13.2 Å². The van der Waals surface area contributed by atoms with Crippen molar-refractivity contribution in [3.05, 3.63) is 36.5 Å². The van der Waals surface area contributed by atoms with Crippen molar-refractivity contribution < 1.29 is 22.3 Å². The van der Waals surface area contributed by atoms with E-state index in [1.54, 1.807) is 6.92 Å². The van der Waals surface area contributed by atoms with Crippen molar-refractivity contribution in [2.75, 3.05) is 0 Å². The molecule has 0 heterocycles. The van der Waals surface area contributed by atoms with Crippen LogP contribution in [0.3, 0.4) is 0 Å². The molecule has 83 valence electrons. The molecule has 0 N–H and O–H groups in total. The Morgan fingerprint density at radius 2 is 1.93 bits per heavy atom. The highest BCUT2D eigenvalue weighted by atomic mass is 19.4. The number of hydrogen-bond donors (Lipinski definition) is 0. The molecule has 0 aliphatic heterocycles. The highest BCUT2D eigenvalue weighted by Gasteiger charge is 2.32. The molecule has 0 aliphatic rings. The van der Waals surface area contributed by atoms with Gasteiger partial charge >= 0.3 is 6.36 Å². The standard InChI is InChI=1S/C10H9F4O/c1-6(2)7-3-4-9(8(11)5-7)15-10(12,13)14/h3-6H,1H2,2H3. The quantitative estimate of drug-likeness (QED) is 0.692. The van der Waals surface area contributed by atoms with E-state index in [1.165, 1.54) is 6.07 Å². The second kappa shape index (κ2) is 4.08. The van der Waals surface area contributed by atoms with Crippen LogP contribution in [0.15, 0.2) is 18.2 Å². The Morgan fingerprint density at radius 3 is 2.33 bits per heavy atom. The van der Waals surface area contributed by atoms with Gasteiger partial charge in [0.25, 0.3) is 0 Å². The lowest BCUT2D eigenvalue weighted by atomic mass is 10.0. The molecule has 1 aromatic carbocycles. The van der Waals surface area contributed by atoms with Crippen LogP contribution in [0.25, 0.3) is 0 Å². The Balaban J connectivity index is 2.94. The summed E-state index contributed by atoms with van der Waals surface area (Å²) in [5, 5.41) is 0. The molecule has 1 atom stereocenters. The van der Waals surface area contributed by atoms with E-state index in [-0.39, 0.29) is 5.92 Å². The van der Waals surface area contributed by atoms with Crippen LogP contribution in [0.1, 0.15) is 18.4 Å². The van der Waals surface area contributed by atoms with Gasteiger partial charge in [-0.25, -0.2) is 4.39 Å². The van der Waals surface area contributed by atoms with Crippen molar-refractivity contribution in [1.29, 1.82) is 0 Å². The summed E-state index contributed by atoms with van der Waals surface area (Å²) in [7, 11) is 0. The maximum atomic E-state index is 13.1. The minimum atomic E-state index is -4.88. The Kier molecular flexibility index (Phi) is 3.21. The molecule has 0 fully saturated rings. The van der Waals surface area contributed by atoms with Gasteiger partial charge in [-0.3, -0.25) is 0 Å². The summed E-state index contributed by atoms with van der Waals surface area (Å²) >= 11 is 0. The molecule has 1 nitrogen and oxygen atoms in total. The third-order valence-corrected chi connectivity index (χ3v) is 1.75.